The summed E-state index contributed by atoms with van der Waals surface area (Å²) in [6.45, 7) is 2.54. The maximum atomic E-state index is 12.2. The number of methoxy groups -OCH3 is 1. The van der Waals surface area contributed by atoms with Crippen molar-refractivity contribution in [2.75, 3.05) is 40.3 Å². The van der Waals surface area contributed by atoms with Crippen molar-refractivity contribution in [3.63, 3.8) is 0 Å². The molecule has 2 rings (SSSR count). The Labute approximate surface area is 126 Å². The molecule has 0 aromatic heterocycles. The van der Waals surface area contributed by atoms with Crippen LogP contribution in [-0.2, 0) is 14.3 Å². The first kappa shape index (κ1) is 16.2. The number of likely N-dealkylation sites (tertiary alicyclic amines) is 1. The highest BCUT2D eigenvalue weighted by atomic mass is 16.5. The van der Waals surface area contributed by atoms with Gasteiger partial charge in [-0.15, -0.1) is 0 Å². The predicted molar refractivity (Wildman–Crippen MR) is 77.5 cm³/mol. The Bertz CT molecular complexity index is 374. The minimum Gasteiger partial charge on any atom is -0.469 e. The lowest BCUT2D eigenvalue weighted by atomic mass is 9.82. The van der Waals surface area contributed by atoms with Gasteiger partial charge in [0.25, 0.3) is 0 Å². The van der Waals surface area contributed by atoms with E-state index in [1.54, 1.807) is 0 Å². The number of hydrogen-bond acceptors (Lipinski definition) is 5. The molecule has 1 saturated carbocycles. The van der Waals surface area contributed by atoms with Crippen molar-refractivity contribution in [1.29, 1.82) is 0 Å². The van der Waals surface area contributed by atoms with E-state index in [1.807, 2.05) is 16.8 Å². The number of nitrogens with zero attached hydrogens (tertiary/aromatic N) is 2. The summed E-state index contributed by atoms with van der Waals surface area (Å²) in [6.07, 6.45) is 2.94. The van der Waals surface area contributed by atoms with E-state index < -0.39 is 0 Å². The van der Waals surface area contributed by atoms with Gasteiger partial charge in [-0.2, -0.15) is 0 Å². The Morgan fingerprint density at radius 1 is 1.29 bits per heavy atom. The first-order chi connectivity index (χ1) is 9.99. The minimum absolute atomic E-state index is 0.0618. The minimum atomic E-state index is -0.164. The summed E-state index contributed by atoms with van der Waals surface area (Å²) in [5.41, 5.74) is 0. The molecule has 21 heavy (non-hydrogen) atoms. The molecule has 0 radical (unpaired) electrons. The number of amides is 1. The van der Waals surface area contributed by atoms with Gasteiger partial charge in [0, 0.05) is 19.6 Å². The second-order valence-electron chi connectivity index (χ2n) is 6.37. The molecule has 0 aromatic carbocycles. The fraction of sp³-hybridized carbons (Fsp3) is 0.867. The molecule has 1 amide bonds. The zero-order valence-electron chi connectivity index (χ0n) is 13.0. The standard InChI is InChI=1S/C15H26N2O4/c1-16(9-11-7-13(18)8-11)10-14(19)17-5-3-12(4-6-17)15(20)21-2/h11-13,18H,3-10H2,1-2H3. The summed E-state index contributed by atoms with van der Waals surface area (Å²) in [4.78, 5) is 27.6. The molecule has 1 aliphatic heterocycles. The van der Waals surface area contributed by atoms with Gasteiger partial charge in [0.05, 0.1) is 25.7 Å². The molecular weight excluding hydrogens is 272 g/mol. The van der Waals surface area contributed by atoms with Gasteiger partial charge < -0.3 is 14.7 Å². The van der Waals surface area contributed by atoms with Crippen LogP contribution in [0.25, 0.3) is 0 Å². The summed E-state index contributed by atoms with van der Waals surface area (Å²) in [7, 11) is 3.36. The maximum absolute atomic E-state index is 12.2. The normalized spacial score (nSPS) is 26.6. The molecule has 0 unspecified atom stereocenters. The number of aliphatic hydroxyl groups is 1. The highest BCUT2D eigenvalue weighted by Crippen LogP contribution is 2.27. The average Bonchev–Trinajstić information content (AvgIpc) is 2.44. The zero-order chi connectivity index (χ0) is 15.4. The van der Waals surface area contributed by atoms with Crippen LogP contribution >= 0.6 is 0 Å². The molecule has 0 spiro atoms. The van der Waals surface area contributed by atoms with Crippen LogP contribution in [0.3, 0.4) is 0 Å². The van der Waals surface area contributed by atoms with Crippen molar-refractivity contribution in [1.82, 2.24) is 9.80 Å². The Morgan fingerprint density at radius 2 is 1.90 bits per heavy atom. The van der Waals surface area contributed by atoms with Gasteiger partial charge in [0.15, 0.2) is 0 Å². The number of rotatable bonds is 5. The highest BCUT2D eigenvalue weighted by molar-refractivity contribution is 5.79. The van der Waals surface area contributed by atoms with Crippen LogP contribution < -0.4 is 0 Å². The lowest BCUT2D eigenvalue weighted by Gasteiger charge is -2.35. The van der Waals surface area contributed by atoms with Gasteiger partial charge in [-0.1, -0.05) is 0 Å². The number of carbonyl (C=O) groups is 2. The third-order valence-corrected chi connectivity index (χ3v) is 4.57. The molecule has 0 aromatic rings. The maximum Gasteiger partial charge on any atom is 0.308 e. The van der Waals surface area contributed by atoms with Crippen molar-refractivity contribution >= 4 is 11.9 Å². The lowest BCUT2D eigenvalue weighted by Crippen LogP contribution is -2.46. The average molecular weight is 298 g/mol. The van der Waals surface area contributed by atoms with Gasteiger partial charge in [-0.3, -0.25) is 14.5 Å². The van der Waals surface area contributed by atoms with Crippen LogP contribution in [0.15, 0.2) is 0 Å². The molecule has 6 nitrogen and oxygen atoms in total. The molecule has 6 heteroatoms. The van der Waals surface area contributed by atoms with E-state index in [4.69, 9.17) is 4.74 Å². The van der Waals surface area contributed by atoms with E-state index in [0.717, 1.165) is 19.4 Å². The smallest absolute Gasteiger partial charge is 0.308 e. The fourth-order valence-electron chi connectivity index (χ4n) is 3.22. The summed E-state index contributed by atoms with van der Waals surface area (Å²) >= 11 is 0. The number of hydrogen-bond donors (Lipinski definition) is 1. The van der Waals surface area contributed by atoms with E-state index in [0.29, 0.717) is 38.4 Å². The molecule has 120 valence electrons. The van der Waals surface area contributed by atoms with Gasteiger partial charge in [0.1, 0.15) is 0 Å². The van der Waals surface area contributed by atoms with E-state index in [-0.39, 0.29) is 23.9 Å². The van der Waals surface area contributed by atoms with Crippen LogP contribution in [0.5, 0.6) is 0 Å². The summed E-state index contributed by atoms with van der Waals surface area (Å²) < 4.78 is 4.75. The largest absolute Gasteiger partial charge is 0.469 e. The van der Waals surface area contributed by atoms with Crippen LogP contribution in [0, 0.1) is 11.8 Å². The van der Waals surface area contributed by atoms with Crippen LogP contribution in [0.4, 0.5) is 0 Å². The number of piperidine rings is 1. The molecule has 0 bridgehead atoms. The Balaban J connectivity index is 1.68. The summed E-state index contributed by atoms with van der Waals surface area (Å²) in [5, 5.41) is 9.28. The quantitative estimate of drug-likeness (QED) is 0.729. The monoisotopic (exact) mass is 298 g/mol. The number of esters is 1. The number of ether oxygens (including phenoxy) is 1. The van der Waals surface area contributed by atoms with Crippen molar-refractivity contribution in [2.45, 2.75) is 31.8 Å². The lowest BCUT2D eigenvalue weighted by molar-refractivity contribution is -0.149. The molecule has 2 aliphatic rings. The Morgan fingerprint density at radius 3 is 2.43 bits per heavy atom. The van der Waals surface area contributed by atoms with Gasteiger partial charge >= 0.3 is 5.97 Å². The summed E-state index contributed by atoms with van der Waals surface area (Å²) in [5.74, 6) is 0.416. The van der Waals surface area contributed by atoms with E-state index in [1.165, 1.54) is 7.11 Å². The van der Waals surface area contributed by atoms with E-state index in [2.05, 4.69) is 0 Å². The van der Waals surface area contributed by atoms with Crippen molar-refractivity contribution in [2.24, 2.45) is 11.8 Å². The number of likely N-dealkylation sites (N-methyl/N-ethyl adjacent to an activating group) is 1. The first-order valence-electron chi connectivity index (χ1n) is 7.71. The van der Waals surface area contributed by atoms with Crippen molar-refractivity contribution in [3.05, 3.63) is 0 Å². The molecule has 1 heterocycles. The van der Waals surface area contributed by atoms with Crippen LogP contribution in [0.2, 0.25) is 0 Å². The van der Waals surface area contributed by atoms with Crippen molar-refractivity contribution in [3.8, 4) is 0 Å². The predicted octanol–water partition coefficient (Wildman–Crippen LogP) is 0.101. The molecular formula is C15H26N2O4. The SMILES string of the molecule is COC(=O)C1CCN(C(=O)CN(C)CC2CC(O)C2)CC1. The van der Waals surface area contributed by atoms with Crippen LogP contribution in [-0.4, -0.2) is 73.2 Å². The Hall–Kier alpha value is -1.14. The molecule has 0 atom stereocenters. The number of aliphatic hydroxyl groups excluding tert-OH is 1. The molecule has 2 fully saturated rings. The molecule has 1 N–H and O–H groups in total. The third kappa shape index (κ3) is 4.41. The molecule has 1 aliphatic carbocycles. The first-order valence-corrected chi connectivity index (χ1v) is 7.71. The van der Waals surface area contributed by atoms with Crippen LogP contribution in [0.1, 0.15) is 25.7 Å². The Kier molecular flexibility index (Phi) is 5.58. The second kappa shape index (κ2) is 7.22. The highest BCUT2D eigenvalue weighted by Gasteiger charge is 2.30. The second-order valence-corrected chi connectivity index (χ2v) is 6.37. The molecule has 1 saturated heterocycles. The van der Waals surface area contributed by atoms with E-state index in [9.17, 15) is 14.7 Å². The third-order valence-electron chi connectivity index (χ3n) is 4.57. The topological polar surface area (TPSA) is 70.1 Å². The fourth-order valence-corrected chi connectivity index (χ4v) is 3.22. The van der Waals surface area contributed by atoms with E-state index >= 15 is 0 Å². The van der Waals surface area contributed by atoms with Gasteiger partial charge in [0.2, 0.25) is 5.91 Å². The number of carbonyl (C=O) groups excluding carboxylic acids is 2. The van der Waals surface area contributed by atoms with Gasteiger partial charge in [-0.05, 0) is 38.6 Å². The van der Waals surface area contributed by atoms with Gasteiger partial charge in [-0.25, -0.2) is 0 Å². The zero-order valence-corrected chi connectivity index (χ0v) is 13.0. The summed E-state index contributed by atoms with van der Waals surface area (Å²) in [6, 6.07) is 0. The van der Waals surface area contributed by atoms with Crippen molar-refractivity contribution < 1.29 is 19.4 Å².